The van der Waals surface area contributed by atoms with Crippen molar-refractivity contribution in [1.82, 2.24) is 9.78 Å². The summed E-state index contributed by atoms with van der Waals surface area (Å²) in [5, 5.41) is 34.6. The number of nitrogens with zero attached hydrogens (tertiary/aromatic N) is 4. The maximum atomic E-state index is 12.5. The van der Waals surface area contributed by atoms with Crippen molar-refractivity contribution >= 4 is 37.6 Å². The van der Waals surface area contributed by atoms with Crippen molar-refractivity contribution in [1.29, 1.82) is 0 Å². The van der Waals surface area contributed by atoms with Gasteiger partial charge in [-0.25, -0.2) is 21.5 Å². The molecule has 0 atom stereocenters. The van der Waals surface area contributed by atoms with E-state index in [2.05, 4.69) is 15.3 Å². The Labute approximate surface area is 288 Å². The van der Waals surface area contributed by atoms with Crippen molar-refractivity contribution in [2.24, 2.45) is 10.2 Å². The first kappa shape index (κ1) is 37.5. The van der Waals surface area contributed by atoms with Gasteiger partial charge in [-0.05, 0) is 48.5 Å². The fraction of sp³-hybridized carbons (Fsp3) is 0. The summed E-state index contributed by atoms with van der Waals surface area (Å²) in [4.78, 5) is 10.2. The minimum absolute atomic E-state index is 0. The number of hydrogen-bond donors (Lipinski definition) is 0. The molecule has 0 aliphatic carbocycles. The molecule has 13 nitrogen and oxygen atoms in total. The number of azo groups is 1. The van der Waals surface area contributed by atoms with E-state index in [4.69, 9.17) is 0 Å². The summed E-state index contributed by atoms with van der Waals surface area (Å²) in [5.74, 6) is -2.89. The van der Waals surface area contributed by atoms with Crippen LogP contribution in [0.4, 0.5) is 11.4 Å². The Kier molecular flexibility index (Phi) is 16.1. The number of carbonyl (C=O) groups is 1. The zero-order chi connectivity index (χ0) is 23.0. The van der Waals surface area contributed by atoms with Gasteiger partial charge in [-0.15, -0.1) is 5.11 Å². The van der Waals surface area contributed by atoms with Crippen LogP contribution >= 0.6 is 0 Å². The number of carbonyl (C=O) groups excluding carboxylic acids is 1. The van der Waals surface area contributed by atoms with Gasteiger partial charge in [0.05, 0.1) is 27.1 Å². The zero-order valence-corrected chi connectivity index (χ0v) is 28.5. The Morgan fingerprint density at radius 1 is 0.771 bits per heavy atom. The van der Waals surface area contributed by atoms with E-state index in [9.17, 15) is 40.9 Å². The second-order valence-electron chi connectivity index (χ2n) is 5.80. The van der Waals surface area contributed by atoms with Crippen LogP contribution in [0.25, 0.3) is 5.69 Å². The molecule has 0 spiro atoms. The van der Waals surface area contributed by atoms with Crippen LogP contribution in [0.2, 0.25) is 0 Å². The number of rotatable bonds is 6. The molecular weight excluding hydrogens is 548 g/mol. The Balaban J connectivity index is 0. The minimum atomic E-state index is -4.73. The monoisotopic (exact) mass is 556 g/mol. The number of carboxylic acids is 1. The van der Waals surface area contributed by atoms with Gasteiger partial charge < -0.3 is 24.1 Å². The van der Waals surface area contributed by atoms with Gasteiger partial charge in [-0.3, -0.25) is 0 Å². The van der Waals surface area contributed by atoms with Gasteiger partial charge in [0.15, 0.2) is 0 Å². The molecule has 1 aromatic heterocycles. The summed E-state index contributed by atoms with van der Waals surface area (Å²) >= 11 is 0. The summed E-state index contributed by atoms with van der Waals surface area (Å²) in [6.45, 7) is 0. The number of aromatic carboxylic acids is 1. The van der Waals surface area contributed by atoms with Crippen LogP contribution in [0.5, 0.6) is 5.88 Å². The van der Waals surface area contributed by atoms with Gasteiger partial charge in [0, 0.05) is 5.88 Å². The third kappa shape index (κ3) is 9.55. The van der Waals surface area contributed by atoms with Gasteiger partial charge in [0.25, 0.3) is 0 Å². The topological polar surface area (TPSA) is 220 Å². The van der Waals surface area contributed by atoms with E-state index in [1.807, 2.05) is 0 Å². The molecular formula is C16H8N4Na4O9S2. The summed E-state index contributed by atoms with van der Waals surface area (Å²) in [6.07, 6.45) is 0. The third-order valence-corrected chi connectivity index (χ3v) is 5.47. The van der Waals surface area contributed by atoms with Crippen LogP contribution in [0.3, 0.4) is 0 Å². The van der Waals surface area contributed by atoms with Crippen molar-refractivity contribution in [2.75, 3.05) is 0 Å². The molecule has 3 rings (SSSR count). The molecule has 0 fully saturated rings. The van der Waals surface area contributed by atoms with Crippen LogP contribution < -0.4 is 128 Å². The smallest absolute Gasteiger partial charge is 0.857 e. The molecule has 0 aliphatic rings. The molecule has 0 radical (unpaired) electrons. The Bertz CT molecular complexity index is 1410. The van der Waals surface area contributed by atoms with Crippen molar-refractivity contribution in [3.05, 3.63) is 54.2 Å². The first-order chi connectivity index (χ1) is 14.4. The second-order valence-corrected chi connectivity index (χ2v) is 8.56. The van der Waals surface area contributed by atoms with Crippen LogP contribution in [-0.2, 0) is 20.2 Å². The Morgan fingerprint density at radius 3 is 1.60 bits per heavy atom. The average molecular weight is 556 g/mol. The maximum absolute atomic E-state index is 12.5. The third-order valence-electron chi connectivity index (χ3n) is 3.77. The molecule has 0 aliphatic heterocycles. The fourth-order valence-corrected chi connectivity index (χ4v) is 3.28. The molecule has 0 amide bonds. The molecule has 1 heterocycles. The molecule has 0 saturated carbocycles. The van der Waals surface area contributed by atoms with Gasteiger partial charge in [0.1, 0.15) is 31.6 Å². The molecule has 0 N–H and O–H groups in total. The standard InChI is InChI=1S/C16H12N4O9S2.4Na/c21-15-13(18-17-9-1-5-11(6-2-9)30(24,25)26)14(16(22)23)19-20(15)10-3-7-12(8-4-10)31(27,28)29;;;;/h1-8,21H,(H,22,23)(H,24,25,26)(H,27,28,29);;;;/q;4*+1/p-4. The first-order valence-electron chi connectivity index (χ1n) is 7.93. The largest absolute Gasteiger partial charge is 1.00 e. The number of carboxylic acid groups (broad SMARTS) is 1. The predicted octanol–water partition coefficient (Wildman–Crippen LogP) is -12.5. The molecule has 19 heteroatoms. The van der Waals surface area contributed by atoms with Gasteiger partial charge in [-0.1, -0.05) is 0 Å². The van der Waals surface area contributed by atoms with Crippen LogP contribution in [-0.4, -0.2) is 41.7 Å². The quantitative estimate of drug-likeness (QED) is 0.158. The first-order valence-corrected chi connectivity index (χ1v) is 10.7. The molecule has 0 unspecified atom stereocenters. The molecule has 2 aromatic carbocycles. The summed E-state index contributed by atoms with van der Waals surface area (Å²) < 4.78 is 66.3. The number of aromatic nitrogens is 2. The van der Waals surface area contributed by atoms with E-state index in [0.717, 1.165) is 48.5 Å². The number of hydrogen-bond acceptors (Lipinski definition) is 12. The average Bonchev–Trinajstić information content (AvgIpc) is 3.02. The maximum Gasteiger partial charge on any atom is 1.00 e. The molecule has 35 heavy (non-hydrogen) atoms. The van der Waals surface area contributed by atoms with E-state index < -0.39 is 53.3 Å². The van der Waals surface area contributed by atoms with Gasteiger partial charge in [-0.2, -0.15) is 10.2 Å². The van der Waals surface area contributed by atoms with Crippen LogP contribution in [0.1, 0.15) is 10.5 Å². The normalized spacial score (nSPS) is 10.9. The Morgan fingerprint density at radius 2 is 1.20 bits per heavy atom. The second kappa shape index (κ2) is 15.1. The fourth-order valence-electron chi connectivity index (χ4n) is 2.34. The van der Waals surface area contributed by atoms with Crippen LogP contribution in [0.15, 0.2) is 68.6 Å². The summed E-state index contributed by atoms with van der Waals surface area (Å²) in [5.41, 5.74) is -1.66. The van der Waals surface area contributed by atoms with Crippen molar-refractivity contribution in [3.63, 3.8) is 0 Å². The van der Waals surface area contributed by atoms with Gasteiger partial charge >= 0.3 is 118 Å². The molecule has 162 valence electrons. The molecule has 0 bridgehead atoms. The van der Waals surface area contributed by atoms with Gasteiger partial charge in [0.2, 0.25) is 0 Å². The van der Waals surface area contributed by atoms with E-state index >= 15 is 0 Å². The van der Waals surface area contributed by atoms with Crippen molar-refractivity contribution in [2.45, 2.75) is 9.79 Å². The predicted molar refractivity (Wildman–Crippen MR) is 93.9 cm³/mol. The van der Waals surface area contributed by atoms with E-state index in [-0.39, 0.29) is 130 Å². The van der Waals surface area contributed by atoms with Crippen molar-refractivity contribution in [3.8, 4) is 11.6 Å². The SMILES string of the molecule is O=C([O-])c1nn(-c2ccc(S(=O)(=O)[O-])cc2)c([O-])c1N=Nc1ccc(S(=O)(=O)[O-])cc1.[Na+].[Na+].[Na+].[Na+]. The summed E-state index contributed by atoms with van der Waals surface area (Å²) in [7, 11) is -9.41. The summed E-state index contributed by atoms with van der Waals surface area (Å²) in [6, 6.07) is 8.03. The van der Waals surface area contributed by atoms with E-state index in [1.165, 1.54) is 0 Å². The minimum Gasteiger partial charge on any atom is -0.857 e. The van der Waals surface area contributed by atoms with E-state index in [0.29, 0.717) is 4.68 Å². The Hall–Kier alpha value is 0.340. The number of benzene rings is 2. The van der Waals surface area contributed by atoms with E-state index in [1.54, 1.807) is 0 Å². The molecule has 3 aromatic rings. The zero-order valence-electron chi connectivity index (χ0n) is 18.9. The van der Waals surface area contributed by atoms with Crippen LogP contribution in [0, 0.1) is 0 Å². The molecule has 0 saturated heterocycles. The van der Waals surface area contributed by atoms with Crippen molar-refractivity contribution < 1.29 is 159 Å².